The van der Waals surface area contributed by atoms with Crippen molar-refractivity contribution >= 4 is 17.8 Å². The average molecular weight is 409 g/mol. The maximum Gasteiger partial charge on any atom is 0.325 e. The molecular weight excluding hydrogens is 386 g/mol. The number of carbonyl (C=O) groups excluding carboxylic acids is 3. The highest BCUT2D eigenvalue weighted by atomic mass is 16.5. The highest BCUT2D eigenvalue weighted by Crippen LogP contribution is 2.40. The number of urea groups is 1. The van der Waals surface area contributed by atoms with Gasteiger partial charge in [-0.25, -0.2) is 4.79 Å². The van der Waals surface area contributed by atoms with Gasteiger partial charge in [0.15, 0.2) is 5.54 Å². The van der Waals surface area contributed by atoms with Gasteiger partial charge in [-0.2, -0.15) is 0 Å². The van der Waals surface area contributed by atoms with E-state index in [4.69, 9.17) is 9.47 Å². The monoisotopic (exact) mass is 409 g/mol. The van der Waals surface area contributed by atoms with Crippen LogP contribution in [-0.4, -0.2) is 49.0 Å². The topological polar surface area (TPSA) is 97.0 Å². The van der Waals surface area contributed by atoms with Crippen LogP contribution in [0.1, 0.15) is 17.5 Å². The number of ether oxygens (including phenoxy) is 2. The van der Waals surface area contributed by atoms with Gasteiger partial charge in [-0.15, -0.1) is 0 Å². The van der Waals surface area contributed by atoms with Gasteiger partial charge in [0.1, 0.15) is 24.7 Å². The molecule has 30 heavy (non-hydrogen) atoms. The van der Waals surface area contributed by atoms with Crippen LogP contribution in [0, 0.1) is 6.92 Å². The molecule has 2 N–H and O–H groups in total. The van der Waals surface area contributed by atoms with Crippen LogP contribution in [0.5, 0.6) is 11.5 Å². The van der Waals surface area contributed by atoms with Gasteiger partial charge < -0.3 is 20.1 Å². The third-order valence-corrected chi connectivity index (χ3v) is 5.24. The molecule has 4 amide bonds. The van der Waals surface area contributed by atoms with Crippen molar-refractivity contribution in [2.75, 3.05) is 26.3 Å². The molecule has 2 aliphatic rings. The zero-order valence-corrected chi connectivity index (χ0v) is 16.6. The Morgan fingerprint density at radius 1 is 1.23 bits per heavy atom. The van der Waals surface area contributed by atoms with Crippen LogP contribution >= 0.6 is 0 Å². The van der Waals surface area contributed by atoms with E-state index >= 15 is 0 Å². The summed E-state index contributed by atoms with van der Waals surface area (Å²) in [7, 11) is 0. The molecule has 2 aromatic rings. The van der Waals surface area contributed by atoms with Gasteiger partial charge in [0, 0.05) is 12.0 Å². The van der Waals surface area contributed by atoms with Crippen molar-refractivity contribution < 1.29 is 23.9 Å². The van der Waals surface area contributed by atoms with E-state index in [9.17, 15) is 14.4 Å². The van der Waals surface area contributed by atoms with Crippen molar-refractivity contribution in [1.82, 2.24) is 15.5 Å². The first-order chi connectivity index (χ1) is 14.5. The molecule has 156 valence electrons. The van der Waals surface area contributed by atoms with E-state index in [0.29, 0.717) is 24.3 Å². The number of rotatable bonds is 6. The number of nitrogens with zero attached hydrogens (tertiary/aromatic N) is 1. The molecular formula is C22H23N3O5. The third-order valence-electron chi connectivity index (χ3n) is 5.24. The molecule has 2 aliphatic heterocycles. The lowest BCUT2D eigenvalue weighted by Crippen LogP contribution is -2.48. The molecule has 0 radical (unpaired) electrons. The Hall–Kier alpha value is -3.55. The van der Waals surface area contributed by atoms with Crippen LogP contribution in [0.15, 0.2) is 48.5 Å². The van der Waals surface area contributed by atoms with Gasteiger partial charge in [0.05, 0.1) is 13.2 Å². The second-order valence-electron chi connectivity index (χ2n) is 7.34. The smallest absolute Gasteiger partial charge is 0.325 e. The van der Waals surface area contributed by atoms with E-state index in [1.54, 1.807) is 18.2 Å². The second-order valence-corrected chi connectivity index (χ2v) is 7.34. The van der Waals surface area contributed by atoms with Crippen molar-refractivity contribution in [2.45, 2.75) is 18.9 Å². The number of imide groups is 1. The predicted octanol–water partition coefficient (Wildman–Crippen LogP) is 1.72. The van der Waals surface area contributed by atoms with Crippen LogP contribution in [-0.2, 0) is 15.1 Å². The molecule has 8 heteroatoms. The number of benzene rings is 2. The molecule has 8 nitrogen and oxygen atoms in total. The molecule has 0 aromatic heterocycles. The summed E-state index contributed by atoms with van der Waals surface area (Å²) in [6.45, 7) is 2.47. The Kier molecular flexibility index (Phi) is 5.31. The van der Waals surface area contributed by atoms with Crippen molar-refractivity contribution in [1.29, 1.82) is 0 Å². The van der Waals surface area contributed by atoms with E-state index in [1.165, 1.54) is 0 Å². The van der Waals surface area contributed by atoms with Gasteiger partial charge in [-0.1, -0.05) is 30.3 Å². The molecule has 1 saturated heterocycles. The molecule has 2 aromatic carbocycles. The Bertz CT molecular complexity index is 992. The Morgan fingerprint density at radius 2 is 2.07 bits per heavy atom. The van der Waals surface area contributed by atoms with Gasteiger partial charge in [-0.05, 0) is 30.7 Å². The quantitative estimate of drug-likeness (QED) is 0.559. The summed E-state index contributed by atoms with van der Waals surface area (Å²) in [6.07, 6.45) is 0.317. The third kappa shape index (κ3) is 3.68. The average Bonchev–Trinajstić information content (AvgIpc) is 2.96. The summed E-state index contributed by atoms with van der Waals surface area (Å²) in [5, 5.41) is 5.46. The van der Waals surface area contributed by atoms with Crippen LogP contribution in [0.2, 0.25) is 0 Å². The minimum Gasteiger partial charge on any atom is -0.493 e. The number of aryl methyl sites for hydroxylation is 1. The number of hydrogen-bond donors (Lipinski definition) is 2. The minimum absolute atomic E-state index is 0.262. The second kappa shape index (κ2) is 8.06. The van der Waals surface area contributed by atoms with Crippen LogP contribution < -0.4 is 20.1 Å². The fourth-order valence-electron chi connectivity index (χ4n) is 3.78. The number of hydrogen-bond acceptors (Lipinski definition) is 5. The maximum absolute atomic E-state index is 13.1. The summed E-state index contributed by atoms with van der Waals surface area (Å²) in [6, 6.07) is 14.2. The molecule has 2 heterocycles. The zero-order chi connectivity index (χ0) is 21.1. The SMILES string of the molecule is Cc1cccc(OCCNC(=O)CN2C(=O)NC3(CCOc4ccccc43)C2=O)c1. The molecule has 0 aliphatic carbocycles. The van der Waals surface area contributed by atoms with Crippen LogP contribution in [0.3, 0.4) is 0 Å². The van der Waals surface area contributed by atoms with E-state index in [-0.39, 0.29) is 19.7 Å². The lowest BCUT2D eigenvalue weighted by Gasteiger charge is -2.33. The van der Waals surface area contributed by atoms with Crippen molar-refractivity contribution in [2.24, 2.45) is 0 Å². The van der Waals surface area contributed by atoms with E-state index in [1.807, 2.05) is 37.3 Å². The lowest BCUT2D eigenvalue weighted by molar-refractivity contribution is -0.136. The number of nitrogens with one attached hydrogen (secondary N) is 2. The molecule has 4 rings (SSSR count). The normalized spacial score (nSPS) is 19.8. The van der Waals surface area contributed by atoms with Crippen molar-refractivity contribution in [3.05, 3.63) is 59.7 Å². The summed E-state index contributed by atoms with van der Waals surface area (Å²) in [4.78, 5) is 38.9. The van der Waals surface area contributed by atoms with Gasteiger partial charge in [0.2, 0.25) is 5.91 Å². The van der Waals surface area contributed by atoms with E-state index < -0.39 is 23.4 Å². The summed E-state index contributed by atoms with van der Waals surface area (Å²) < 4.78 is 11.2. The van der Waals surface area contributed by atoms with E-state index in [0.717, 1.165) is 16.2 Å². The fraction of sp³-hybridized carbons (Fsp3) is 0.318. The number of carbonyl (C=O) groups is 3. The predicted molar refractivity (Wildman–Crippen MR) is 108 cm³/mol. The molecule has 1 fully saturated rings. The Morgan fingerprint density at radius 3 is 2.90 bits per heavy atom. The Balaban J connectivity index is 1.34. The largest absolute Gasteiger partial charge is 0.493 e. The number of fused-ring (bicyclic) bond motifs is 2. The molecule has 1 atom stereocenters. The van der Waals surface area contributed by atoms with Gasteiger partial charge >= 0.3 is 6.03 Å². The standard InChI is InChI=1S/C22H23N3O5/c1-15-5-4-6-16(13-15)29-12-10-23-19(26)14-25-20(27)22(24-21(25)28)9-11-30-18-8-3-2-7-17(18)22/h2-8,13H,9-12,14H2,1H3,(H,23,26)(H,24,28). The molecule has 0 bridgehead atoms. The first-order valence-electron chi connectivity index (χ1n) is 9.82. The molecule has 1 spiro atoms. The minimum atomic E-state index is -1.18. The maximum atomic E-state index is 13.1. The number of para-hydroxylation sites is 1. The van der Waals surface area contributed by atoms with Crippen molar-refractivity contribution in [3.63, 3.8) is 0 Å². The molecule has 1 unspecified atom stereocenters. The first-order valence-corrected chi connectivity index (χ1v) is 9.82. The number of amides is 4. The van der Waals surface area contributed by atoms with Crippen molar-refractivity contribution in [3.8, 4) is 11.5 Å². The summed E-state index contributed by atoms with van der Waals surface area (Å²) in [5.41, 5.74) is 0.517. The summed E-state index contributed by atoms with van der Waals surface area (Å²) >= 11 is 0. The fourth-order valence-corrected chi connectivity index (χ4v) is 3.78. The highest BCUT2D eigenvalue weighted by Gasteiger charge is 2.55. The van der Waals surface area contributed by atoms with Gasteiger partial charge in [-0.3, -0.25) is 14.5 Å². The van der Waals surface area contributed by atoms with E-state index in [2.05, 4.69) is 10.6 Å². The summed E-state index contributed by atoms with van der Waals surface area (Å²) in [5.74, 6) is 0.425. The van der Waals surface area contributed by atoms with Crippen LogP contribution in [0.4, 0.5) is 4.79 Å². The Labute approximate surface area is 174 Å². The van der Waals surface area contributed by atoms with Crippen LogP contribution in [0.25, 0.3) is 0 Å². The highest BCUT2D eigenvalue weighted by molar-refractivity contribution is 6.09. The zero-order valence-electron chi connectivity index (χ0n) is 16.6. The first kappa shape index (κ1) is 19.8. The lowest BCUT2D eigenvalue weighted by atomic mass is 9.84. The molecule has 0 saturated carbocycles. The van der Waals surface area contributed by atoms with Gasteiger partial charge in [0.25, 0.3) is 5.91 Å².